The number of amides is 1. The number of H-pyrrole nitrogens is 2. The van der Waals surface area contributed by atoms with Gasteiger partial charge in [-0.05, 0) is 63.8 Å². The lowest BCUT2D eigenvalue weighted by molar-refractivity contribution is 0.0186. The van der Waals surface area contributed by atoms with E-state index in [1.54, 1.807) is 39.9 Å². The summed E-state index contributed by atoms with van der Waals surface area (Å²) in [4.78, 5) is 40.2. The number of fused-ring (bicyclic) bond motifs is 1. The van der Waals surface area contributed by atoms with E-state index in [9.17, 15) is 14.7 Å². The maximum absolute atomic E-state index is 12.4. The van der Waals surface area contributed by atoms with Crippen LogP contribution in [0.15, 0.2) is 46.3 Å². The van der Waals surface area contributed by atoms with Crippen molar-refractivity contribution in [1.82, 2.24) is 29.5 Å². The highest BCUT2D eigenvalue weighted by molar-refractivity contribution is 6.30. The Hall–Kier alpha value is -4.32. The number of anilines is 2. The van der Waals surface area contributed by atoms with E-state index in [0.717, 1.165) is 18.5 Å². The summed E-state index contributed by atoms with van der Waals surface area (Å²) in [5, 5.41) is 18.9. The second-order valence-electron chi connectivity index (χ2n) is 10.7. The van der Waals surface area contributed by atoms with E-state index in [2.05, 4.69) is 20.4 Å². The summed E-state index contributed by atoms with van der Waals surface area (Å²) in [7, 11) is 0. The second kappa shape index (κ2) is 11.0. The molecule has 1 aromatic carbocycles. The van der Waals surface area contributed by atoms with E-state index in [1.807, 2.05) is 32.9 Å². The number of ether oxygens (including phenoxy) is 1. The Balaban J connectivity index is 1.44. The summed E-state index contributed by atoms with van der Waals surface area (Å²) in [6.07, 6.45) is 4.51. The molecule has 13 heteroatoms. The number of hydrogen-bond acceptors (Lipinski definition) is 8. The van der Waals surface area contributed by atoms with Gasteiger partial charge in [0.2, 0.25) is 5.88 Å². The van der Waals surface area contributed by atoms with Gasteiger partial charge >= 0.3 is 11.8 Å². The summed E-state index contributed by atoms with van der Waals surface area (Å²) >= 11 is 6.16. The molecular weight excluding hydrogens is 536 g/mol. The number of rotatable bonds is 5. The molecule has 4 heterocycles. The Morgan fingerprint density at radius 3 is 2.73 bits per heavy atom. The zero-order chi connectivity index (χ0) is 28.4. The third-order valence-corrected chi connectivity index (χ3v) is 6.63. The molecule has 0 radical (unpaired) electrons. The highest BCUT2D eigenvalue weighted by atomic mass is 35.5. The molecule has 1 aliphatic heterocycles. The lowest BCUT2D eigenvalue weighted by Gasteiger charge is -2.32. The Bertz CT molecular complexity index is 1710. The SMILES string of the molecule is CC(C)(C)OC(=O)N1CCC(CN=c2cc(Nc3cccc(Cl)c3)nc3/c(=C\c4[nH]c(=O)[nH]c4O)cnn23)CC1. The van der Waals surface area contributed by atoms with Gasteiger partial charge in [0, 0.05) is 41.6 Å². The molecule has 3 aromatic heterocycles. The van der Waals surface area contributed by atoms with Gasteiger partial charge < -0.3 is 25.0 Å². The molecule has 210 valence electrons. The van der Waals surface area contributed by atoms with Crippen molar-refractivity contribution in [2.24, 2.45) is 10.9 Å². The minimum atomic E-state index is -0.526. The summed E-state index contributed by atoms with van der Waals surface area (Å²) in [6, 6.07) is 9.08. The zero-order valence-electron chi connectivity index (χ0n) is 22.4. The van der Waals surface area contributed by atoms with Gasteiger partial charge in [0.15, 0.2) is 11.1 Å². The number of nitrogens with zero attached hydrogens (tertiary/aromatic N) is 5. The van der Waals surface area contributed by atoms with Crippen LogP contribution in [-0.2, 0) is 4.74 Å². The topological polar surface area (TPSA) is 153 Å². The van der Waals surface area contributed by atoms with Crippen LogP contribution in [0.2, 0.25) is 5.02 Å². The molecule has 1 saturated heterocycles. The maximum atomic E-state index is 12.4. The largest absolute Gasteiger partial charge is 0.493 e. The Kier molecular flexibility index (Phi) is 7.53. The number of aromatic nitrogens is 5. The van der Waals surface area contributed by atoms with Gasteiger partial charge in [-0.2, -0.15) is 9.61 Å². The first kappa shape index (κ1) is 27.3. The third-order valence-electron chi connectivity index (χ3n) is 6.39. The van der Waals surface area contributed by atoms with Gasteiger partial charge in [-0.1, -0.05) is 17.7 Å². The number of nitrogens with one attached hydrogen (secondary N) is 3. The number of aromatic amines is 2. The Labute approximate surface area is 234 Å². The van der Waals surface area contributed by atoms with Crippen molar-refractivity contribution >= 4 is 40.9 Å². The van der Waals surface area contributed by atoms with Crippen LogP contribution in [-0.4, -0.2) is 65.9 Å². The van der Waals surface area contributed by atoms with E-state index >= 15 is 0 Å². The van der Waals surface area contributed by atoms with E-state index in [-0.39, 0.29) is 23.6 Å². The van der Waals surface area contributed by atoms with Crippen LogP contribution in [0.5, 0.6) is 5.88 Å². The number of piperidine rings is 1. The van der Waals surface area contributed by atoms with Crippen molar-refractivity contribution in [2.75, 3.05) is 25.0 Å². The number of hydrogen-bond donors (Lipinski definition) is 4. The molecule has 40 heavy (non-hydrogen) atoms. The van der Waals surface area contributed by atoms with Crippen molar-refractivity contribution in [2.45, 2.75) is 39.2 Å². The molecule has 5 rings (SSSR count). The van der Waals surface area contributed by atoms with Crippen LogP contribution in [0.4, 0.5) is 16.3 Å². The second-order valence-corrected chi connectivity index (χ2v) is 11.1. The molecule has 0 atom stereocenters. The molecule has 12 nitrogen and oxygen atoms in total. The number of carbonyl (C=O) groups is 1. The summed E-state index contributed by atoms with van der Waals surface area (Å²) < 4.78 is 7.12. The molecule has 0 saturated carbocycles. The van der Waals surface area contributed by atoms with Gasteiger partial charge in [-0.25, -0.2) is 14.6 Å². The first-order chi connectivity index (χ1) is 19.0. The van der Waals surface area contributed by atoms with Crippen molar-refractivity contribution < 1.29 is 14.6 Å². The molecule has 4 aromatic rings. The molecule has 0 bridgehead atoms. The fourth-order valence-corrected chi connectivity index (χ4v) is 4.64. The third kappa shape index (κ3) is 6.45. The molecule has 0 aliphatic carbocycles. The fourth-order valence-electron chi connectivity index (χ4n) is 4.45. The predicted molar refractivity (Wildman–Crippen MR) is 151 cm³/mol. The zero-order valence-corrected chi connectivity index (χ0v) is 23.2. The van der Waals surface area contributed by atoms with Crippen LogP contribution < -0.4 is 21.7 Å². The van der Waals surface area contributed by atoms with Crippen molar-refractivity contribution in [3.63, 3.8) is 0 Å². The molecule has 0 spiro atoms. The molecular formula is C27H31ClN8O4. The highest BCUT2D eigenvalue weighted by Gasteiger charge is 2.26. The minimum absolute atomic E-state index is 0.213. The average Bonchev–Trinajstić information content (AvgIpc) is 3.43. The first-order valence-corrected chi connectivity index (χ1v) is 13.3. The number of imidazole rings is 1. The molecule has 1 aliphatic rings. The molecule has 1 fully saturated rings. The number of halogens is 1. The van der Waals surface area contributed by atoms with Crippen LogP contribution in [0.25, 0.3) is 11.7 Å². The van der Waals surface area contributed by atoms with Crippen molar-refractivity contribution in [3.8, 4) is 5.88 Å². The normalized spacial score (nSPS) is 15.7. The summed E-state index contributed by atoms with van der Waals surface area (Å²) in [5.74, 6) is 0.533. The summed E-state index contributed by atoms with van der Waals surface area (Å²) in [5.41, 5.74) is 0.974. The Morgan fingerprint density at radius 2 is 2.05 bits per heavy atom. The van der Waals surface area contributed by atoms with E-state index in [1.165, 1.54) is 0 Å². The number of likely N-dealkylation sites (tertiary alicyclic amines) is 1. The van der Waals surface area contributed by atoms with Crippen LogP contribution in [0.1, 0.15) is 39.3 Å². The lowest BCUT2D eigenvalue weighted by Crippen LogP contribution is -2.42. The number of benzene rings is 1. The molecule has 0 unspecified atom stereocenters. The fraction of sp³-hybridized carbons (Fsp3) is 0.370. The van der Waals surface area contributed by atoms with E-state index < -0.39 is 11.3 Å². The smallest absolute Gasteiger partial charge is 0.410 e. The number of aromatic hydroxyl groups is 1. The van der Waals surface area contributed by atoms with Gasteiger partial charge in [0.1, 0.15) is 17.1 Å². The van der Waals surface area contributed by atoms with Gasteiger partial charge in [-0.15, -0.1) is 0 Å². The van der Waals surface area contributed by atoms with Gasteiger partial charge in [-0.3, -0.25) is 9.98 Å². The molecule has 4 N–H and O–H groups in total. The van der Waals surface area contributed by atoms with E-state index in [0.29, 0.717) is 46.8 Å². The van der Waals surface area contributed by atoms with Crippen molar-refractivity contribution in [3.05, 3.63) is 68.4 Å². The average molecular weight is 567 g/mol. The quantitative estimate of drug-likeness (QED) is 0.290. The lowest BCUT2D eigenvalue weighted by atomic mass is 9.97. The monoisotopic (exact) mass is 566 g/mol. The maximum Gasteiger partial charge on any atom is 0.410 e. The number of carbonyl (C=O) groups excluding carboxylic acids is 1. The van der Waals surface area contributed by atoms with Gasteiger partial charge in [0.25, 0.3) is 0 Å². The predicted octanol–water partition coefficient (Wildman–Crippen LogP) is 2.94. The Morgan fingerprint density at radius 1 is 1.27 bits per heavy atom. The minimum Gasteiger partial charge on any atom is -0.493 e. The van der Waals surface area contributed by atoms with Gasteiger partial charge in [0.05, 0.1) is 6.20 Å². The standard InChI is InChI=1S/C27H31ClN8O4/c1-27(2,3)40-26(39)35-9-7-16(8-10-35)14-29-22-13-21(31-19-6-4-5-18(28)12-19)33-23-17(15-30-36(22)23)11-20-24(37)34-25(38)32-20/h4-6,11-13,15-16,31,37H,7-10,14H2,1-3H3,(H2,32,34,38)/b17-11-,29-22?. The van der Waals surface area contributed by atoms with E-state index in [4.69, 9.17) is 26.3 Å². The first-order valence-electron chi connectivity index (χ1n) is 13.0. The van der Waals surface area contributed by atoms with Crippen molar-refractivity contribution in [1.29, 1.82) is 0 Å². The van der Waals surface area contributed by atoms with Crippen LogP contribution in [0, 0.1) is 5.92 Å². The van der Waals surface area contributed by atoms with Crippen LogP contribution >= 0.6 is 11.6 Å². The van der Waals surface area contributed by atoms with Crippen LogP contribution in [0.3, 0.4) is 0 Å². The molecule has 1 amide bonds. The summed E-state index contributed by atoms with van der Waals surface area (Å²) in [6.45, 7) is 7.35. The highest BCUT2D eigenvalue weighted by Crippen LogP contribution is 2.21.